The molecule has 21 heavy (non-hydrogen) atoms. The average Bonchev–Trinajstić information content (AvgIpc) is 2.50. The van der Waals surface area contributed by atoms with E-state index in [1.54, 1.807) is 7.11 Å². The molecule has 1 atom stereocenters. The van der Waals surface area contributed by atoms with E-state index in [1.807, 2.05) is 24.3 Å². The van der Waals surface area contributed by atoms with Crippen molar-refractivity contribution in [2.24, 2.45) is 0 Å². The minimum Gasteiger partial charge on any atom is -0.497 e. The molecule has 3 rings (SSSR count). The van der Waals surface area contributed by atoms with E-state index in [-0.39, 0.29) is 0 Å². The van der Waals surface area contributed by atoms with Crippen LogP contribution in [-0.2, 0) is 6.42 Å². The molecule has 0 amide bonds. The molecular weight excluding hydrogens is 305 g/mol. The largest absolute Gasteiger partial charge is 0.497 e. The number of aryl methyl sites for hydroxylation is 1. The summed E-state index contributed by atoms with van der Waals surface area (Å²) in [6.07, 6.45) is 3.38. The average molecular weight is 322 g/mol. The summed E-state index contributed by atoms with van der Waals surface area (Å²) in [7, 11) is 1.70. The number of hydrogen-bond donors (Lipinski definition) is 1. The summed E-state index contributed by atoms with van der Waals surface area (Å²) in [6.45, 7) is 0. The van der Waals surface area contributed by atoms with E-state index in [1.165, 1.54) is 17.5 Å². The highest BCUT2D eigenvalue weighted by Crippen LogP contribution is 2.35. The van der Waals surface area contributed by atoms with Crippen LogP contribution in [0.1, 0.15) is 30.0 Å². The zero-order chi connectivity index (χ0) is 14.8. The fourth-order valence-electron chi connectivity index (χ4n) is 2.85. The number of benzene rings is 2. The smallest absolute Gasteiger partial charge is 0.119 e. The SMILES string of the molecule is COc1ccc2c(c1)CCCC2Nc1ccc(Cl)c(Cl)c1. The lowest BCUT2D eigenvalue weighted by Crippen LogP contribution is -2.17. The third-order valence-corrected chi connectivity index (χ3v) is 4.66. The highest BCUT2D eigenvalue weighted by Gasteiger charge is 2.20. The first kappa shape index (κ1) is 14.6. The molecule has 0 heterocycles. The van der Waals surface area contributed by atoms with Gasteiger partial charge in [0.1, 0.15) is 5.75 Å². The number of fused-ring (bicyclic) bond motifs is 1. The van der Waals surface area contributed by atoms with Gasteiger partial charge in [-0.2, -0.15) is 0 Å². The van der Waals surface area contributed by atoms with Crippen LogP contribution >= 0.6 is 23.2 Å². The van der Waals surface area contributed by atoms with Gasteiger partial charge in [-0.05, 0) is 60.7 Å². The molecule has 0 aliphatic heterocycles. The molecule has 0 fully saturated rings. The Bertz CT molecular complexity index is 657. The molecule has 1 N–H and O–H groups in total. The molecule has 1 aliphatic carbocycles. The van der Waals surface area contributed by atoms with Gasteiger partial charge in [-0.25, -0.2) is 0 Å². The van der Waals surface area contributed by atoms with E-state index in [0.717, 1.165) is 24.3 Å². The molecule has 110 valence electrons. The third kappa shape index (κ3) is 3.12. The Balaban J connectivity index is 1.86. The van der Waals surface area contributed by atoms with Crippen molar-refractivity contribution in [3.05, 3.63) is 57.6 Å². The Hall–Kier alpha value is -1.38. The zero-order valence-electron chi connectivity index (χ0n) is 11.8. The van der Waals surface area contributed by atoms with E-state index in [0.29, 0.717) is 16.1 Å². The number of anilines is 1. The summed E-state index contributed by atoms with van der Waals surface area (Å²) in [5, 5.41) is 4.71. The van der Waals surface area contributed by atoms with Gasteiger partial charge in [0.05, 0.1) is 23.2 Å². The van der Waals surface area contributed by atoms with Gasteiger partial charge < -0.3 is 10.1 Å². The van der Waals surface area contributed by atoms with Gasteiger partial charge in [0.15, 0.2) is 0 Å². The summed E-state index contributed by atoms with van der Waals surface area (Å²) in [6, 6.07) is 12.3. The number of rotatable bonds is 3. The Morgan fingerprint density at radius 1 is 1.10 bits per heavy atom. The predicted molar refractivity (Wildman–Crippen MR) is 88.8 cm³/mol. The lowest BCUT2D eigenvalue weighted by atomic mass is 9.87. The van der Waals surface area contributed by atoms with Crippen LogP contribution in [0.4, 0.5) is 5.69 Å². The maximum absolute atomic E-state index is 6.08. The molecular formula is C17H17Cl2NO. The highest BCUT2D eigenvalue weighted by atomic mass is 35.5. The first-order valence-electron chi connectivity index (χ1n) is 7.06. The van der Waals surface area contributed by atoms with Crippen LogP contribution in [0.5, 0.6) is 5.75 Å². The Kier molecular flexibility index (Phi) is 4.27. The van der Waals surface area contributed by atoms with E-state index >= 15 is 0 Å². The first-order valence-corrected chi connectivity index (χ1v) is 7.81. The molecule has 0 radical (unpaired) electrons. The van der Waals surface area contributed by atoms with Crippen LogP contribution in [0.25, 0.3) is 0 Å². The van der Waals surface area contributed by atoms with Crippen LogP contribution in [0, 0.1) is 0 Å². The minimum absolute atomic E-state index is 0.303. The molecule has 2 nitrogen and oxygen atoms in total. The monoisotopic (exact) mass is 321 g/mol. The number of ether oxygens (including phenoxy) is 1. The van der Waals surface area contributed by atoms with Gasteiger partial charge in [-0.3, -0.25) is 0 Å². The lowest BCUT2D eigenvalue weighted by Gasteiger charge is -2.27. The van der Waals surface area contributed by atoms with Gasteiger partial charge in [-0.1, -0.05) is 29.3 Å². The van der Waals surface area contributed by atoms with Crippen LogP contribution in [0.2, 0.25) is 10.0 Å². The Labute approximate surface area is 135 Å². The fourth-order valence-corrected chi connectivity index (χ4v) is 3.15. The van der Waals surface area contributed by atoms with Crippen LogP contribution in [-0.4, -0.2) is 7.11 Å². The van der Waals surface area contributed by atoms with Gasteiger partial charge in [0, 0.05) is 5.69 Å². The van der Waals surface area contributed by atoms with Crippen molar-refractivity contribution in [3.63, 3.8) is 0 Å². The second-order valence-corrected chi connectivity index (χ2v) is 6.10. The molecule has 2 aromatic carbocycles. The Morgan fingerprint density at radius 2 is 1.95 bits per heavy atom. The Morgan fingerprint density at radius 3 is 2.71 bits per heavy atom. The lowest BCUT2D eigenvalue weighted by molar-refractivity contribution is 0.413. The normalized spacial score (nSPS) is 17.2. The number of hydrogen-bond acceptors (Lipinski definition) is 2. The van der Waals surface area contributed by atoms with Crippen molar-refractivity contribution < 1.29 is 4.74 Å². The van der Waals surface area contributed by atoms with Crippen molar-refractivity contribution >= 4 is 28.9 Å². The summed E-state index contributed by atoms with van der Waals surface area (Å²) < 4.78 is 5.31. The van der Waals surface area contributed by atoms with Crippen molar-refractivity contribution in [3.8, 4) is 5.75 Å². The van der Waals surface area contributed by atoms with Gasteiger partial charge in [0.25, 0.3) is 0 Å². The number of methoxy groups -OCH3 is 1. The van der Waals surface area contributed by atoms with E-state index in [9.17, 15) is 0 Å². The standard InChI is InChI=1S/C17H17Cl2NO/c1-21-13-6-7-14-11(9-13)3-2-4-17(14)20-12-5-8-15(18)16(19)10-12/h5-10,17,20H,2-4H2,1H3. The van der Waals surface area contributed by atoms with Crippen LogP contribution in [0.3, 0.4) is 0 Å². The molecule has 0 saturated carbocycles. The van der Waals surface area contributed by atoms with Crippen molar-refractivity contribution in [1.82, 2.24) is 0 Å². The quantitative estimate of drug-likeness (QED) is 0.806. The highest BCUT2D eigenvalue weighted by molar-refractivity contribution is 6.42. The summed E-state index contributed by atoms with van der Waals surface area (Å²) >= 11 is 12.0. The molecule has 1 aliphatic rings. The molecule has 0 spiro atoms. The second-order valence-electron chi connectivity index (χ2n) is 5.28. The van der Waals surface area contributed by atoms with Crippen molar-refractivity contribution in [2.75, 3.05) is 12.4 Å². The fraction of sp³-hybridized carbons (Fsp3) is 0.294. The molecule has 0 aromatic heterocycles. The van der Waals surface area contributed by atoms with Gasteiger partial charge in [-0.15, -0.1) is 0 Å². The molecule has 0 saturated heterocycles. The van der Waals surface area contributed by atoms with E-state index < -0.39 is 0 Å². The van der Waals surface area contributed by atoms with Gasteiger partial charge >= 0.3 is 0 Å². The summed E-state index contributed by atoms with van der Waals surface area (Å²) in [4.78, 5) is 0. The van der Waals surface area contributed by atoms with Crippen LogP contribution in [0.15, 0.2) is 36.4 Å². The zero-order valence-corrected chi connectivity index (χ0v) is 13.3. The number of nitrogens with one attached hydrogen (secondary N) is 1. The van der Waals surface area contributed by atoms with E-state index in [4.69, 9.17) is 27.9 Å². The third-order valence-electron chi connectivity index (χ3n) is 3.92. The minimum atomic E-state index is 0.303. The first-order chi connectivity index (χ1) is 10.2. The van der Waals surface area contributed by atoms with Crippen molar-refractivity contribution in [1.29, 1.82) is 0 Å². The second kappa shape index (κ2) is 6.17. The molecule has 2 aromatic rings. The van der Waals surface area contributed by atoms with Gasteiger partial charge in [0.2, 0.25) is 0 Å². The molecule has 4 heteroatoms. The molecule has 1 unspecified atom stereocenters. The summed E-state index contributed by atoms with van der Waals surface area (Å²) in [5.41, 5.74) is 3.70. The predicted octanol–water partition coefficient (Wildman–Crippen LogP) is 5.49. The maximum atomic E-state index is 6.08. The topological polar surface area (TPSA) is 21.3 Å². The van der Waals surface area contributed by atoms with Crippen LogP contribution < -0.4 is 10.1 Å². The summed E-state index contributed by atoms with van der Waals surface area (Å²) in [5.74, 6) is 0.920. The van der Waals surface area contributed by atoms with E-state index in [2.05, 4.69) is 17.4 Å². The number of halogens is 2. The van der Waals surface area contributed by atoms with Crippen molar-refractivity contribution in [2.45, 2.75) is 25.3 Å². The molecule has 0 bridgehead atoms. The maximum Gasteiger partial charge on any atom is 0.119 e.